The summed E-state index contributed by atoms with van der Waals surface area (Å²) in [5, 5.41) is 11.6. The van der Waals surface area contributed by atoms with Crippen LogP contribution in [0.2, 0.25) is 0 Å². The van der Waals surface area contributed by atoms with Gasteiger partial charge in [-0.25, -0.2) is 9.97 Å². The van der Waals surface area contributed by atoms with Gasteiger partial charge in [-0.05, 0) is 44.2 Å². The number of hydrogen-bond donors (Lipinski definition) is 2. The third-order valence-electron chi connectivity index (χ3n) is 5.33. The van der Waals surface area contributed by atoms with Crippen molar-refractivity contribution in [3.8, 4) is 11.3 Å². The van der Waals surface area contributed by atoms with Crippen molar-refractivity contribution < 1.29 is 9.90 Å². The van der Waals surface area contributed by atoms with Crippen molar-refractivity contribution in [2.45, 2.75) is 45.2 Å². The van der Waals surface area contributed by atoms with Gasteiger partial charge in [0.25, 0.3) is 0 Å². The average molecular weight is 352 g/mol. The molecule has 1 amide bonds. The Labute approximate surface area is 153 Å². The molecule has 4 rings (SSSR count). The molecule has 26 heavy (non-hydrogen) atoms. The smallest absolute Gasteiger partial charge is 0.245 e. The van der Waals surface area contributed by atoms with E-state index in [0.717, 1.165) is 48.6 Å². The van der Waals surface area contributed by atoms with Gasteiger partial charge in [-0.2, -0.15) is 0 Å². The molecule has 1 fully saturated rings. The number of anilines is 1. The first-order valence-corrected chi connectivity index (χ1v) is 9.29. The number of aromatic nitrogens is 2. The number of rotatable bonds is 5. The average Bonchev–Trinajstić information content (AvgIpc) is 3.13. The standard InChI is InChI=1S/C20H24N4O2/c1-13-8-9-24(13)20-22-17-7-3-6-16(17)19(23-20)15-5-2-4-14(10-15)11-21-18(26)12-25/h2,4-5,10,13,25H,3,6-9,11-12H2,1H3,(H,21,26)/t13-/m0/s1. The highest BCUT2D eigenvalue weighted by atomic mass is 16.3. The molecule has 2 heterocycles. The largest absolute Gasteiger partial charge is 0.387 e. The van der Waals surface area contributed by atoms with Crippen molar-refractivity contribution in [1.82, 2.24) is 15.3 Å². The Kier molecular flexibility index (Phi) is 4.59. The second-order valence-electron chi connectivity index (χ2n) is 7.12. The van der Waals surface area contributed by atoms with Crippen LogP contribution in [0.5, 0.6) is 0 Å². The van der Waals surface area contributed by atoms with Gasteiger partial charge in [-0.3, -0.25) is 4.79 Å². The Morgan fingerprint density at radius 2 is 2.23 bits per heavy atom. The highest BCUT2D eigenvalue weighted by Crippen LogP contribution is 2.34. The molecule has 2 aliphatic rings. The number of nitrogens with zero attached hydrogens (tertiary/aromatic N) is 3. The number of carbonyl (C=O) groups is 1. The van der Waals surface area contributed by atoms with E-state index in [1.165, 1.54) is 17.7 Å². The molecule has 0 radical (unpaired) electrons. The summed E-state index contributed by atoms with van der Waals surface area (Å²) in [5.41, 5.74) is 5.53. The molecule has 0 bridgehead atoms. The number of nitrogens with one attached hydrogen (secondary N) is 1. The van der Waals surface area contributed by atoms with Crippen LogP contribution in [-0.4, -0.2) is 40.2 Å². The lowest BCUT2D eigenvalue weighted by Crippen LogP contribution is -2.46. The maximum atomic E-state index is 11.3. The Hall–Kier alpha value is -2.47. The summed E-state index contributed by atoms with van der Waals surface area (Å²) >= 11 is 0. The molecule has 0 spiro atoms. The summed E-state index contributed by atoms with van der Waals surface area (Å²) < 4.78 is 0. The van der Waals surface area contributed by atoms with Crippen molar-refractivity contribution in [1.29, 1.82) is 0 Å². The molecule has 0 saturated carbocycles. The minimum atomic E-state index is -0.490. The van der Waals surface area contributed by atoms with Crippen molar-refractivity contribution in [3.05, 3.63) is 41.1 Å². The van der Waals surface area contributed by atoms with Gasteiger partial charge in [-0.1, -0.05) is 18.2 Å². The molecule has 2 N–H and O–H groups in total. The van der Waals surface area contributed by atoms with Gasteiger partial charge >= 0.3 is 0 Å². The van der Waals surface area contributed by atoms with Gasteiger partial charge in [-0.15, -0.1) is 0 Å². The Balaban J connectivity index is 1.67. The number of amides is 1. The second-order valence-corrected chi connectivity index (χ2v) is 7.12. The minimum Gasteiger partial charge on any atom is -0.387 e. The number of aliphatic hydroxyl groups is 1. The highest BCUT2D eigenvalue weighted by molar-refractivity contribution is 5.77. The SMILES string of the molecule is C[C@H]1CCN1c1nc2c(c(-c3cccc(CNC(=O)CO)c3)n1)CCC2. The van der Waals surface area contributed by atoms with E-state index in [1.807, 2.05) is 12.1 Å². The lowest BCUT2D eigenvalue weighted by molar-refractivity contribution is -0.123. The number of benzene rings is 1. The number of aliphatic hydroxyl groups excluding tert-OH is 1. The summed E-state index contributed by atoms with van der Waals surface area (Å²) in [4.78, 5) is 23.3. The molecule has 1 aromatic carbocycles. The van der Waals surface area contributed by atoms with Crippen molar-refractivity contribution in [2.75, 3.05) is 18.1 Å². The zero-order valence-electron chi connectivity index (χ0n) is 15.0. The summed E-state index contributed by atoms with van der Waals surface area (Å²) in [7, 11) is 0. The second kappa shape index (κ2) is 7.03. The van der Waals surface area contributed by atoms with Gasteiger partial charge in [0.15, 0.2) is 0 Å². The van der Waals surface area contributed by atoms with E-state index in [2.05, 4.69) is 29.3 Å². The van der Waals surface area contributed by atoms with Crippen LogP contribution in [0.1, 0.15) is 36.6 Å². The lowest BCUT2D eigenvalue weighted by atomic mass is 10.0. The van der Waals surface area contributed by atoms with Crippen LogP contribution in [0.3, 0.4) is 0 Å². The zero-order chi connectivity index (χ0) is 18.1. The first-order chi connectivity index (χ1) is 12.7. The summed E-state index contributed by atoms with van der Waals surface area (Å²) in [6.45, 7) is 3.14. The Bertz CT molecular complexity index is 837. The molecule has 6 heteroatoms. The highest BCUT2D eigenvalue weighted by Gasteiger charge is 2.29. The molecule has 0 unspecified atom stereocenters. The number of aryl methyl sites for hydroxylation is 1. The summed E-state index contributed by atoms with van der Waals surface area (Å²) in [5.74, 6) is 0.478. The predicted octanol–water partition coefficient (Wildman–Crippen LogP) is 1.84. The normalized spacial score (nSPS) is 18.4. The predicted molar refractivity (Wildman–Crippen MR) is 99.9 cm³/mol. The van der Waals surface area contributed by atoms with Crippen LogP contribution in [0.4, 0.5) is 5.95 Å². The van der Waals surface area contributed by atoms with E-state index < -0.39 is 6.61 Å². The summed E-state index contributed by atoms with van der Waals surface area (Å²) in [6.07, 6.45) is 4.36. The number of carbonyl (C=O) groups excluding carboxylic acids is 1. The molecule has 1 aliphatic carbocycles. The van der Waals surface area contributed by atoms with E-state index in [0.29, 0.717) is 12.6 Å². The molecule has 1 aliphatic heterocycles. The van der Waals surface area contributed by atoms with Crippen molar-refractivity contribution in [3.63, 3.8) is 0 Å². The Morgan fingerprint density at radius 3 is 2.96 bits per heavy atom. The monoisotopic (exact) mass is 352 g/mol. The molecular weight excluding hydrogens is 328 g/mol. The van der Waals surface area contributed by atoms with Gasteiger partial charge < -0.3 is 15.3 Å². The molecular formula is C20H24N4O2. The van der Waals surface area contributed by atoms with E-state index in [-0.39, 0.29) is 5.91 Å². The van der Waals surface area contributed by atoms with Crippen molar-refractivity contribution in [2.24, 2.45) is 0 Å². The quantitative estimate of drug-likeness (QED) is 0.858. The fourth-order valence-corrected chi connectivity index (χ4v) is 3.69. The van der Waals surface area contributed by atoms with Crippen LogP contribution in [0.15, 0.2) is 24.3 Å². The topological polar surface area (TPSA) is 78.4 Å². The first kappa shape index (κ1) is 17.0. The van der Waals surface area contributed by atoms with E-state index in [9.17, 15) is 4.79 Å². The van der Waals surface area contributed by atoms with E-state index in [1.54, 1.807) is 0 Å². The molecule has 136 valence electrons. The number of fused-ring (bicyclic) bond motifs is 1. The lowest BCUT2D eigenvalue weighted by Gasteiger charge is -2.39. The van der Waals surface area contributed by atoms with Gasteiger partial charge in [0.1, 0.15) is 6.61 Å². The zero-order valence-corrected chi connectivity index (χ0v) is 15.0. The minimum absolute atomic E-state index is 0.368. The molecule has 1 aromatic heterocycles. The van der Waals surface area contributed by atoms with Crippen LogP contribution in [0, 0.1) is 0 Å². The van der Waals surface area contributed by atoms with Crippen LogP contribution >= 0.6 is 0 Å². The maximum Gasteiger partial charge on any atom is 0.245 e. The van der Waals surface area contributed by atoms with E-state index in [4.69, 9.17) is 15.1 Å². The molecule has 1 saturated heterocycles. The maximum absolute atomic E-state index is 11.3. The third kappa shape index (κ3) is 3.17. The Morgan fingerprint density at radius 1 is 1.35 bits per heavy atom. The molecule has 2 aromatic rings. The fourth-order valence-electron chi connectivity index (χ4n) is 3.69. The van der Waals surface area contributed by atoms with Gasteiger partial charge in [0.2, 0.25) is 11.9 Å². The molecule has 1 atom stereocenters. The van der Waals surface area contributed by atoms with Crippen molar-refractivity contribution >= 4 is 11.9 Å². The summed E-state index contributed by atoms with van der Waals surface area (Å²) in [6, 6.07) is 8.61. The van der Waals surface area contributed by atoms with Gasteiger partial charge in [0.05, 0.1) is 5.69 Å². The molecule has 6 nitrogen and oxygen atoms in total. The fraction of sp³-hybridized carbons (Fsp3) is 0.450. The third-order valence-corrected chi connectivity index (χ3v) is 5.33. The van der Waals surface area contributed by atoms with Crippen LogP contribution < -0.4 is 10.2 Å². The van der Waals surface area contributed by atoms with Crippen LogP contribution in [0.25, 0.3) is 11.3 Å². The number of hydrogen-bond acceptors (Lipinski definition) is 5. The first-order valence-electron chi connectivity index (χ1n) is 9.29. The van der Waals surface area contributed by atoms with Gasteiger partial charge in [0, 0.05) is 36.0 Å². The van der Waals surface area contributed by atoms with Crippen LogP contribution in [-0.2, 0) is 24.2 Å². The van der Waals surface area contributed by atoms with E-state index >= 15 is 0 Å².